The Morgan fingerprint density at radius 2 is 2.17 bits per heavy atom. The third kappa shape index (κ3) is 5.49. The van der Waals surface area contributed by atoms with E-state index in [9.17, 15) is 0 Å². The molecule has 1 aromatic rings. The average molecular weight is 268 g/mol. The fourth-order valence-electron chi connectivity index (χ4n) is 1.47. The van der Waals surface area contributed by atoms with Gasteiger partial charge >= 0.3 is 0 Å². The van der Waals surface area contributed by atoms with Crippen molar-refractivity contribution in [1.29, 1.82) is 0 Å². The van der Waals surface area contributed by atoms with Crippen molar-refractivity contribution < 1.29 is 0 Å². The van der Waals surface area contributed by atoms with Crippen molar-refractivity contribution in [3.63, 3.8) is 0 Å². The summed E-state index contributed by atoms with van der Waals surface area (Å²) in [6, 6.07) is 0. The number of nitrogens with zero attached hydrogens (tertiary/aromatic N) is 2. The van der Waals surface area contributed by atoms with Crippen LogP contribution in [0.25, 0.3) is 0 Å². The molecule has 0 saturated carbocycles. The van der Waals surface area contributed by atoms with E-state index in [0.29, 0.717) is 6.54 Å². The molecule has 4 nitrogen and oxygen atoms in total. The number of guanidine groups is 1. The number of aryl methyl sites for hydroxylation is 1. The van der Waals surface area contributed by atoms with E-state index >= 15 is 0 Å². The molecule has 2 N–H and O–H groups in total. The Morgan fingerprint density at radius 3 is 2.78 bits per heavy atom. The van der Waals surface area contributed by atoms with Crippen LogP contribution in [0.2, 0.25) is 0 Å². The highest BCUT2D eigenvalue weighted by atomic mass is 32.1. The molecule has 0 fully saturated rings. The molecule has 5 heteroatoms. The van der Waals surface area contributed by atoms with Crippen LogP contribution in [0.5, 0.6) is 0 Å². The number of nitrogens with one attached hydrogen (secondary N) is 2. The summed E-state index contributed by atoms with van der Waals surface area (Å²) in [6.45, 7) is 8.90. The monoisotopic (exact) mass is 268 g/mol. The Bertz CT molecular complexity index is 360. The molecule has 0 aromatic carbocycles. The van der Waals surface area contributed by atoms with E-state index < -0.39 is 0 Å². The van der Waals surface area contributed by atoms with Crippen LogP contribution in [0.1, 0.15) is 44.3 Å². The zero-order chi connectivity index (χ0) is 13.2. The summed E-state index contributed by atoms with van der Waals surface area (Å²) in [5.74, 6) is 0.886. The second kappa shape index (κ2) is 8.91. The van der Waals surface area contributed by atoms with E-state index in [1.165, 1.54) is 17.8 Å². The molecule has 1 heterocycles. The summed E-state index contributed by atoms with van der Waals surface area (Å²) in [5, 5.41) is 9.85. The fourth-order valence-corrected chi connectivity index (χ4v) is 2.21. The number of rotatable bonds is 7. The fraction of sp³-hybridized carbons (Fsp3) is 0.692. The second-order valence-corrected chi connectivity index (χ2v) is 5.00. The van der Waals surface area contributed by atoms with Crippen molar-refractivity contribution in [3.8, 4) is 0 Å². The predicted octanol–water partition coefficient (Wildman–Crippen LogP) is 2.56. The Hall–Kier alpha value is -1.10. The highest BCUT2D eigenvalue weighted by Gasteiger charge is 2.00. The van der Waals surface area contributed by atoms with Gasteiger partial charge in [-0.15, -0.1) is 11.3 Å². The lowest BCUT2D eigenvalue weighted by molar-refractivity contribution is 0.729. The van der Waals surface area contributed by atoms with Gasteiger partial charge in [-0.05, 0) is 19.8 Å². The lowest BCUT2D eigenvalue weighted by Crippen LogP contribution is -2.37. The molecule has 0 amide bonds. The highest BCUT2D eigenvalue weighted by molar-refractivity contribution is 7.09. The van der Waals surface area contributed by atoms with Crippen molar-refractivity contribution in [1.82, 2.24) is 15.6 Å². The van der Waals surface area contributed by atoms with Crippen molar-refractivity contribution in [2.75, 3.05) is 13.1 Å². The van der Waals surface area contributed by atoms with E-state index in [2.05, 4.69) is 46.8 Å². The van der Waals surface area contributed by atoms with Gasteiger partial charge in [0.25, 0.3) is 0 Å². The summed E-state index contributed by atoms with van der Waals surface area (Å²) >= 11 is 1.71. The van der Waals surface area contributed by atoms with E-state index in [1.54, 1.807) is 11.3 Å². The van der Waals surface area contributed by atoms with E-state index in [0.717, 1.165) is 31.2 Å². The number of aliphatic imine (C=N–C) groups is 1. The molecule has 0 bridgehead atoms. The minimum absolute atomic E-state index is 0.651. The van der Waals surface area contributed by atoms with Gasteiger partial charge in [0.05, 0.1) is 17.2 Å². The first-order chi connectivity index (χ1) is 8.80. The largest absolute Gasteiger partial charge is 0.357 e. The number of hydrogen-bond acceptors (Lipinski definition) is 3. The number of hydrogen-bond donors (Lipinski definition) is 2. The second-order valence-electron chi connectivity index (χ2n) is 4.06. The topological polar surface area (TPSA) is 49.3 Å². The zero-order valence-electron chi connectivity index (χ0n) is 11.6. The van der Waals surface area contributed by atoms with Crippen molar-refractivity contribution in [3.05, 3.63) is 16.1 Å². The van der Waals surface area contributed by atoms with Crippen molar-refractivity contribution in [2.24, 2.45) is 4.99 Å². The van der Waals surface area contributed by atoms with Crippen molar-refractivity contribution >= 4 is 17.3 Å². The molecule has 0 unspecified atom stereocenters. The molecule has 0 aliphatic carbocycles. The molecule has 18 heavy (non-hydrogen) atoms. The summed E-state index contributed by atoms with van der Waals surface area (Å²) in [5.41, 5.74) is 1.06. The van der Waals surface area contributed by atoms with Gasteiger partial charge in [-0.3, -0.25) is 0 Å². The van der Waals surface area contributed by atoms with E-state index in [4.69, 9.17) is 0 Å². The summed E-state index contributed by atoms with van der Waals surface area (Å²) < 4.78 is 0. The van der Waals surface area contributed by atoms with Crippen LogP contribution in [0.15, 0.2) is 10.4 Å². The molecule has 0 saturated heterocycles. The van der Waals surface area contributed by atoms with Gasteiger partial charge in [-0.25, -0.2) is 9.98 Å². The number of thiazole rings is 1. The van der Waals surface area contributed by atoms with Crippen LogP contribution in [-0.2, 0) is 13.0 Å². The maximum absolute atomic E-state index is 4.54. The number of aromatic nitrogens is 1. The minimum Gasteiger partial charge on any atom is -0.357 e. The third-order valence-electron chi connectivity index (χ3n) is 2.47. The Balaban J connectivity index is 2.47. The smallest absolute Gasteiger partial charge is 0.191 e. The molecule has 0 atom stereocenters. The van der Waals surface area contributed by atoms with Crippen LogP contribution < -0.4 is 10.6 Å². The zero-order valence-corrected chi connectivity index (χ0v) is 12.4. The first kappa shape index (κ1) is 15.0. The van der Waals surface area contributed by atoms with Crippen LogP contribution >= 0.6 is 11.3 Å². The van der Waals surface area contributed by atoms with Crippen LogP contribution in [0, 0.1) is 0 Å². The normalized spacial score (nSPS) is 11.6. The lowest BCUT2D eigenvalue weighted by atomic mass is 10.3. The van der Waals surface area contributed by atoms with Gasteiger partial charge in [0.1, 0.15) is 0 Å². The number of unbranched alkanes of at least 4 members (excludes halogenated alkanes) is 1. The molecule has 102 valence electrons. The van der Waals surface area contributed by atoms with Gasteiger partial charge in [-0.1, -0.05) is 20.3 Å². The van der Waals surface area contributed by atoms with E-state index in [-0.39, 0.29) is 0 Å². The van der Waals surface area contributed by atoms with Gasteiger partial charge in [0, 0.05) is 18.5 Å². The minimum atomic E-state index is 0.651. The average Bonchev–Trinajstić information content (AvgIpc) is 2.84. The van der Waals surface area contributed by atoms with Crippen LogP contribution in [0.4, 0.5) is 0 Å². The summed E-state index contributed by atoms with van der Waals surface area (Å²) in [4.78, 5) is 9.05. The third-order valence-corrected chi connectivity index (χ3v) is 3.51. The van der Waals surface area contributed by atoms with Gasteiger partial charge in [-0.2, -0.15) is 0 Å². The molecule has 0 aliphatic heterocycles. The van der Waals surface area contributed by atoms with Gasteiger partial charge < -0.3 is 10.6 Å². The highest BCUT2D eigenvalue weighted by Crippen LogP contribution is 2.10. The summed E-state index contributed by atoms with van der Waals surface area (Å²) in [6.07, 6.45) is 3.36. The first-order valence-electron chi connectivity index (χ1n) is 6.75. The molecule has 0 spiro atoms. The molecular formula is C13H24N4S. The summed E-state index contributed by atoms with van der Waals surface area (Å²) in [7, 11) is 0. The SMILES string of the molecule is CCCCNC(=NCc1csc(CC)n1)NCC. The molecular weight excluding hydrogens is 244 g/mol. The first-order valence-corrected chi connectivity index (χ1v) is 7.63. The molecule has 0 aliphatic rings. The molecule has 1 rings (SSSR count). The van der Waals surface area contributed by atoms with Gasteiger partial charge in [0.2, 0.25) is 0 Å². The van der Waals surface area contributed by atoms with Gasteiger partial charge in [0.15, 0.2) is 5.96 Å². The Labute approximate surface area is 114 Å². The molecule has 0 radical (unpaired) electrons. The van der Waals surface area contributed by atoms with E-state index in [1.807, 2.05) is 0 Å². The van der Waals surface area contributed by atoms with Crippen LogP contribution in [0.3, 0.4) is 0 Å². The Morgan fingerprint density at radius 1 is 1.33 bits per heavy atom. The maximum Gasteiger partial charge on any atom is 0.191 e. The lowest BCUT2D eigenvalue weighted by Gasteiger charge is -2.10. The molecule has 1 aromatic heterocycles. The quantitative estimate of drug-likeness (QED) is 0.454. The standard InChI is InChI=1S/C13H24N4S/c1-4-7-8-15-13(14-6-3)16-9-11-10-18-12(5-2)17-11/h10H,4-9H2,1-3H3,(H2,14,15,16). The van der Waals surface area contributed by atoms with Crippen molar-refractivity contribution in [2.45, 2.75) is 46.6 Å². The maximum atomic E-state index is 4.54. The van der Waals surface area contributed by atoms with Crippen LogP contribution in [-0.4, -0.2) is 24.0 Å². The predicted molar refractivity (Wildman–Crippen MR) is 79.2 cm³/mol. The Kier molecular flexibility index (Phi) is 7.41.